The standard InChI is InChI=1S/C21H18N2O2S2/c1-2-15-7-9-18-19(13-15)27-21(22-18)23(14-16-5-3-11-25-16)20(24)10-8-17-6-4-12-26-17/h3-13H,2,14H2,1H3/b10-8+. The molecule has 0 bridgehead atoms. The molecule has 6 heteroatoms. The smallest absolute Gasteiger partial charge is 0.253 e. The van der Waals surface area contributed by atoms with E-state index >= 15 is 0 Å². The van der Waals surface area contributed by atoms with Crippen LogP contribution in [0.1, 0.15) is 23.1 Å². The van der Waals surface area contributed by atoms with Crippen molar-refractivity contribution in [1.82, 2.24) is 4.98 Å². The molecule has 1 amide bonds. The van der Waals surface area contributed by atoms with E-state index in [1.165, 1.54) is 16.9 Å². The fraction of sp³-hybridized carbons (Fsp3) is 0.143. The van der Waals surface area contributed by atoms with Crippen LogP contribution in [-0.2, 0) is 17.8 Å². The van der Waals surface area contributed by atoms with E-state index in [0.717, 1.165) is 27.3 Å². The van der Waals surface area contributed by atoms with E-state index in [4.69, 9.17) is 4.42 Å². The van der Waals surface area contributed by atoms with Crippen LogP contribution in [0.3, 0.4) is 0 Å². The number of benzene rings is 1. The molecular weight excluding hydrogens is 376 g/mol. The van der Waals surface area contributed by atoms with Gasteiger partial charge in [0, 0.05) is 11.0 Å². The third-order valence-electron chi connectivity index (χ3n) is 4.17. The Labute approximate surface area is 165 Å². The van der Waals surface area contributed by atoms with Crippen molar-refractivity contribution >= 4 is 50.0 Å². The number of fused-ring (bicyclic) bond motifs is 1. The molecule has 1 aromatic carbocycles. The summed E-state index contributed by atoms with van der Waals surface area (Å²) in [6.07, 6.45) is 6.02. The summed E-state index contributed by atoms with van der Waals surface area (Å²) >= 11 is 3.13. The average molecular weight is 395 g/mol. The van der Waals surface area contributed by atoms with E-state index in [9.17, 15) is 4.79 Å². The molecule has 0 fully saturated rings. The maximum absolute atomic E-state index is 12.9. The topological polar surface area (TPSA) is 46.3 Å². The van der Waals surface area contributed by atoms with E-state index < -0.39 is 0 Å². The minimum Gasteiger partial charge on any atom is -0.467 e. The molecule has 0 N–H and O–H groups in total. The van der Waals surface area contributed by atoms with Crippen LogP contribution in [0.25, 0.3) is 16.3 Å². The van der Waals surface area contributed by atoms with Gasteiger partial charge in [-0.05, 0) is 53.8 Å². The SMILES string of the molecule is CCc1ccc2nc(N(Cc3ccco3)C(=O)/C=C/c3cccs3)sc2c1. The first-order valence-electron chi connectivity index (χ1n) is 8.68. The van der Waals surface area contributed by atoms with E-state index in [-0.39, 0.29) is 5.91 Å². The number of amides is 1. The molecule has 0 saturated carbocycles. The summed E-state index contributed by atoms with van der Waals surface area (Å²) in [5.74, 6) is 0.607. The minimum absolute atomic E-state index is 0.116. The Kier molecular flexibility index (Phi) is 5.18. The van der Waals surface area contributed by atoms with Gasteiger partial charge in [0.05, 0.1) is 23.0 Å². The van der Waals surface area contributed by atoms with Gasteiger partial charge in [0.25, 0.3) is 5.91 Å². The first kappa shape index (κ1) is 17.7. The van der Waals surface area contributed by atoms with Crippen molar-refractivity contribution in [3.05, 3.63) is 76.4 Å². The lowest BCUT2D eigenvalue weighted by atomic mass is 10.2. The van der Waals surface area contributed by atoms with Gasteiger partial charge in [0.1, 0.15) is 5.76 Å². The molecule has 27 heavy (non-hydrogen) atoms. The monoisotopic (exact) mass is 394 g/mol. The number of aryl methyl sites for hydroxylation is 1. The first-order chi connectivity index (χ1) is 13.2. The number of thiophene rings is 1. The van der Waals surface area contributed by atoms with Gasteiger partial charge in [-0.3, -0.25) is 9.69 Å². The fourth-order valence-corrected chi connectivity index (χ4v) is 4.37. The molecule has 0 aliphatic rings. The highest BCUT2D eigenvalue weighted by molar-refractivity contribution is 7.22. The van der Waals surface area contributed by atoms with E-state index in [1.807, 2.05) is 41.8 Å². The second-order valence-electron chi connectivity index (χ2n) is 6.00. The summed E-state index contributed by atoms with van der Waals surface area (Å²) in [5, 5.41) is 2.67. The third kappa shape index (κ3) is 4.02. The zero-order chi connectivity index (χ0) is 18.6. The molecule has 4 nitrogen and oxygen atoms in total. The predicted octanol–water partition coefficient (Wildman–Crippen LogP) is 5.76. The van der Waals surface area contributed by atoms with Crippen LogP contribution in [0.5, 0.6) is 0 Å². The minimum atomic E-state index is -0.116. The number of carbonyl (C=O) groups excluding carboxylic acids is 1. The van der Waals surface area contributed by atoms with Crippen LogP contribution in [-0.4, -0.2) is 10.9 Å². The molecular formula is C21H18N2O2S2. The first-order valence-corrected chi connectivity index (χ1v) is 10.4. The van der Waals surface area contributed by atoms with Crippen molar-refractivity contribution in [3.8, 4) is 0 Å². The number of aromatic nitrogens is 1. The van der Waals surface area contributed by atoms with Crippen LogP contribution in [0.15, 0.2) is 64.6 Å². The lowest BCUT2D eigenvalue weighted by Crippen LogP contribution is -2.28. The Balaban J connectivity index is 1.67. The normalized spacial score (nSPS) is 11.4. The van der Waals surface area contributed by atoms with Crippen LogP contribution in [0.2, 0.25) is 0 Å². The molecule has 4 rings (SSSR count). The molecule has 3 aromatic heterocycles. The Morgan fingerprint density at radius 3 is 2.93 bits per heavy atom. The summed E-state index contributed by atoms with van der Waals surface area (Å²) in [7, 11) is 0. The van der Waals surface area contributed by atoms with Crippen molar-refractivity contribution in [3.63, 3.8) is 0 Å². The van der Waals surface area contributed by atoms with Crippen molar-refractivity contribution in [2.45, 2.75) is 19.9 Å². The average Bonchev–Trinajstić information content (AvgIpc) is 3.45. The number of hydrogen-bond acceptors (Lipinski definition) is 5. The van der Waals surface area contributed by atoms with Crippen LogP contribution >= 0.6 is 22.7 Å². The van der Waals surface area contributed by atoms with Gasteiger partial charge in [-0.2, -0.15) is 0 Å². The Morgan fingerprint density at radius 2 is 2.19 bits per heavy atom. The lowest BCUT2D eigenvalue weighted by Gasteiger charge is -2.16. The van der Waals surface area contributed by atoms with Crippen molar-refractivity contribution in [2.75, 3.05) is 4.90 Å². The molecule has 4 aromatic rings. The summed E-state index contributed by atoms with van der Waals surface area (Å²) < 4.78 is 6.54. The third-order valence-corrected chi connectivity index (χ3v) is 6.05. The quantitative estimate of drug-likeness (QED) is 0.391. The molecule has 0 saturated heterocycles. The molecule has 0 spiro atoms. The van der Waals surface area contributed by atoms with Crippen molar-refractivity contribution < 1.29 is 9.21 Å². The van der Waals surface area contributed by atoms with E-state index in [2.05, 4.69) is 24.0 Å². The molecule has 136 valence electrons. The number of anilines is 1. The predicted molar refractivity (Wildman–Crippen MR) is 112 cm³/mol. The molecule has 0 radical (unpaired) electrons. The van der Waals surface area contributed by atoms with Crippen LogP contribution in [0.4, 0.5) is 5.13 Å². The number of rotatable bonds is 6. The number of hydrogen-bond donors (Lipinski definition) is 0. The highest BCUT2D eigenvalue weighted by atomic mass is 32.1. The summed E-state index contributed by atoms with van der Waals surface area (Å²) in [6, 6.07) is 13.9. The number of carbonyl (C=O) groups is 1. The maximum Gasteiger partial charge on any atom is 0.253 e. The number of thiazole rings is 1. The van der Waals surface area contributed by atoms with E-state index in [0.29, 0.717) is 11.7 Å². The van der Waals surface area contributed by atoms with Crippen molar-refractivity contribution in [2.24, 2.45) is 0 Å². The van der Waals surface area contributed by atoms with Gasteiger partial charge in [0.2, 0.25) is 0 Å². The van der Waals surface area contributed by atoms with E-state index in [1.54, 1.807) is 28.6 Å². The van der Waals surface area contributed by atoms with Crippen LogP contribution in [0, 0.1) is 0 Å². The summed E-state index contributed by atoms with van der Waals surface area (Å²) in [4.78, 5) is 20.3. The van der Waals surface area contributed by atoms with Gasteiger partial charge in [-0.15, -0.1) is 11.3 Å². The van der Waals surface area contributed by atoms with Gasteiger partial charge in [-0.1, -0.05) is 30.4 Å². The molecule has 0 aliphatic carbocycles. The highest BCUT2D eigenvalue weighted by Gasteiger charge is 2.19. The lowest BCUT2D eigenvalue weighted by molar-refractivity contribution is -0.114. The molecule has 0 unspecified atom stereocenters. The summed E-state index contributed by atoms with van der Waals surface area (Å²) in [5.41, 5.74) is 2.17. The zero-order valence-electron chi connectivity index (χ0n) is 14.8. The highest BCUT2D eigenvalue weighted by Crippen LogP contribution is 2.31. The Hall–Kier alpha value is -2.70. The van der Waals surface area contributed by atoms with Gasteiger partial charge in [-0.25, -0.2) is 4.98 Å². The van der Waals surface area contributed by atoms with Gasteiger partial charge in [0.15, 0.2) is 5.13 Å². The van der Waals surface area contributed by atoms with Crippen molar-refractivity contribution in [1.29, 1.82) is 0 Å². The summed E-state index contributed by atoms with van der Waals surface area (Å²) in [6.45, 7) is 2.48. The second kappa shape index (κ2) is 7.90. The molecule has 3 heterocycles. The second-order valence-corrected chi connectivity index (χ2v) is 7.99. The molecule has 0 atom stereocenters. The largest absolute Gasteiger partial charge is 0.467 e. The zero-order valence-corrected chi connectivity index (χ0v) is 16.4. The number of furan rings is 1. The Bertz CT molecular complexity index is 1060. The van der Waals surface area contributed by atoms with Gasteiger partial charge >= 0.3 is 0 Å². The molecule has 0 aliphatic heterocycles. The maximum atomic E-state index is 12.9. The fourth-order valence-electron chi connectivity index (χ4n) is 2.72. The van der Waals surface area contributed by atoms with Gasteiger partial charge < -0.3 is 4.42 Å². The number of nitrogens with zero attached hydrogens (tertiary/aromatic N) is 2. The Morgan fingerprint density at radius 1 is 1.26 bits per heavy atom. The van der Waals surface area contributed by atoms with Crippen LogP contribution < -0.4 is 4.90 Å².